The number of rotatable bonds is 5. The average molecular weight is 348 g/mol. The summed E-state index contributed by atoms with van der Waals surface area (Å²) in [6, 6.07) is 7.51. The van der Waals surface area contributed by atoms with Gasteiger partial charge in [0.05, 0.1) is 5.25 Å². The van der Waals surface area contributed by atoms with Gasteiger partial charge in [0.2, 0.25) is 0 Å². The van der Waals surface area contributed by atoms with Crippen molar-refractivity contribution < 1.29 is 4.79 Å². The summed E-state index contributed by atoms with van der Waals surface area (Å²) in [6.45, 7) is 4.42. The smallest absolute Gasteiger partial charge is 0.192 e. The Morgan fingerprint density at radius 3 is 2.78 bits per heavy atom. The van der Waals surface area contributed by atoms with Crippen LogP contribution in [0.3, 0.4) is 0 Å². The number of aromatic nitrogens is 3. The third-order valence-corrected chi connectivity index (χ3v) is 5.43. The summed E-state index contributed by atoms with van der Waals surface area (Å²) in [5, 5.41) is 10.1. The number of hydrogen-bond acceptors (Lipinski definition) is 4. The van der Waals surface area contributed by atoms with E-state index in [0.717, 1.165) is 35.8 Å². The monoisotopic (exact) mass is 347 g/mol. The van der Waals surface area contributed by atoms with Gasteiger partial charge in [0.1, 0.15) is 5.78 Å². The number of carbonyl (C=O) groups is 1. The first-order chi connectivity index (χ1) is 11.2. The molecule has 0 spiro atoms. The van der Waals surface area contributed by atoms with Crippen LogP contribution in [0.2, 0.25) is 5.02 Å². The van der Waals surface area contributed by atoms with Gasteiger partial charge >= 0.3 is 0 Å². The molecule has 4 nitrogen and oxygen atoms in total. The van der Waals surface area contributed by atoms with E-state index in [0.29, 0.717) is 23.8 Å². The van der Waals surface area contributed by atoms with E-state index in [1.54, 1.807) is 0 Å². The van der Waals surface area contributed by atoms with E-state index in [-0.39, 0.29) is 5.25 Å². The number of nitrogens with zero attached hydrogens (tertiary/aromatic N) is 3. The third-order valence-electron chi connectivity index (χ3n) is 3.88. The minimum atomic E-state index is -0.00502. The van der Waals surface area contributed by atoms with Crippen LogP contribution >= 0.6 is 23.4 Å². The molecule has 1 heterocycles. The zero-order valence-electron chi connectivity index (χ0n) is 12.7. The second-order valence-corrected chi connectivity index (χ2v) is 7.14. The lowest BCUT2D eigenvalue weighted by molar-refractivity contribution is -0.119. The van der Waals surface area contributed by atoms with Crippen molar-refractivity contribution in [3.8, 4) is 11.4 Å². The van der Waals surface area contributed by atoms with Crippen molar-refractivity contribution >= 4 is 29.1 Å². The Balaban J connectivity index is 1.90. The predicted octanol–water partition coefficient (Wildman–Crippen LogP) is 4.39. The lowest BCUT2D eigenvalue weighted by Crippen LogP contribution is -2.21. The molecule has 23 heavy (non-hydrogen) atoms. The third kappa shape index (κ3) is 3.67. The van der Waals surface area contributed by atoms with Crippen molar-refractivity contribution in [1.82, 2.24) is 14.8 Å². The molecule has 1 aromatic carbocycles. The highest BCUT2D eigenvalue weighted by Crippen LogP contribution is 2.32. The summed E-state index contributed by atoms with van der Waals surface area (Å²) in [5.74, 6) is 1.09. The number of benzene rings is 1. The molecule has 1 aliphatic carbocycles. The highest BCUT2D eigenvalue weighted by atomic mass is 35.5. The van der Waals surface area contributed by atoms with Crippen molar-refractivity contribution in [2.75, 3.05) is 0 Å². The summed E-state index contributed by atoms with van der Waals surface area (Å²) in [5.41, 5.74) is 0.950. The van der Waals surface area contributed by atoms with Crippen LogP contribution in [-0.2, 0) is 11.3 Å². The molecule has 0 N–H and O–H groups in total. The average Bonchev–Trinajstić information content (AvgIpc) is 2.94. The molecular weight excluding hydrogens is 330 g/mol. The van der Waals surface area contributed by atoms with Gasteiger partial charge in [-0.05, 0) is 37.1 Å². The molecule has 1 aromatic heterocycles. The van der Waals surface area contributed by atoms with Crippen LogP contribution in [0.25, 0.3) is 11.4 Å². The Labute approximate surface area is 144 Å². The van der Waals surface area contributed by atoms with Gasteiger partial charge in [-0.3, -0.25) is 9.36 Å². The quantitative estimate of drug-likeness (QED) is 0.753. The molecule has 2 aromatic rings. The minimum Gasteiger partial charge on any atom is -0.298 e. The highest BCUT2D eigenvalue weighted by Gasteiger charge is 2.26. The zero-order chi connectivity index (χ0) is 16.2. The van der Waals surface area contributed by atoms with Gasteiger partial charge in [-0.15, -0.1) is 16.8 Å². The van der Waals surface area contributed by atoms with Crippen molar-refractivity contribution in [2.45, 2.75) is 42.6 Å². The molecule has 1 fully saturated rings. The van der Waals surface area contributed by atoms with Gasteiger partial charge in [-0.2, -0.15) is 0 Å². The summed E-state index contributed by atoms with van der Waals surface area (Å²) in [6.07, 6.45) is 5.52. The SMILES string of the molecule is C=CCn1c(S[C@@H]2CCCCC2=O)nnc1-c1ccc(Cl)cc1. The molecule has 6 heteroatoms. The Morgan fingerprint density at radius 2 is 2.09 bits per heavy atom. The lowest BCUT2D eigenvalue weighted by atomic mass is 9.99. The van der Waals surface area contributed by atoms with Crippen LogP contribution in [0.4, 0.5) is 0 Å². The van der Waals surface area contributed by atoms with Gasteiger partial charge in [0, 0.05) is 23.6 Å². The van der Waals surface area contributed by atoms with Crippen LogP contribution in [0.5, 0.6) is 0 Å². The number of allylic oxidation sites excluding steroid dienone is 1. The number of thioether (sulfide) groups is 1. The summed E-state index contributed by atoms with van der Waals surface area (Å²) in [4.78, 5) is 12.1. The number of hydrogen-bond donors (Lipinski definition) is 0. The first-order valence-electron chi connectivity index (χ1n) is 7.68. The van der Waals surface area contributed by atoms with Gasteiger partial charge in [0.15, 0.2) is 11.0 Å². The van der Waals surface area contributed by atoms with E-state index < -0.39 is 0 Å². The summed E-state index contributed by atoms with van der Waals surface area (Å²) >= 11 is 7.47. The number of ketones is 1. The van der Waals surface area contributed by atoms with Gasteiger partial charge in [-0.1, -0.05) is 35.9 Å². The van der Waals surface area contributed by atoms with Crippen LogP contribution in [0.1, 0.15) is 25.7 Å². The Bertz CT molecular complexity index is 711. The van der Waals surface area contributed by atoms with E-state index >= 15 is 0 Å². The Hall–Kier alpha value is -1.59. The van der Waals surface area contributed by atoms with Crippen molar-refractivity contribution in [2.24, 2.45) is 0 Å². The maximum Gasteiger partial charge on any atom is 0.192 e. The maximum absolute atomic E-state index is 12.1. The molecular formula is C17H18ClN3OS. The molecule has 0 unspecified atom stereocenters. The fraction of sp³-hybridized carbons (Fsp3) is 0.353. The highest BCUT2D eigenvalue weighted by molar-refractivity contribution is 8.00. The Kier molecular flexibility index (Phi) is 5.18. The molecule has 0 aliphatic heterocycles. The molecule has 1 saturated carbocycles. The van der Waals surface area contributed by atoms with E-state index in [1.807, 2.05) is 34.9 Å². The molecule has 0 bridgehead atoms. The van der Waals surface area contributed by atoms with Crippen LogP contribution in [0.15, 0.2) is 42.1 Å². The number of carbonyl (C=O) groups excluding carboxylic acids is 1. The predicted molar refractivity (Wildman–Crippen MR) is 93.8 cm³/mol. The fourth-order valence-electron chi connectivity index (χ4n) is 2.68. The number of Topliss-reactive ketones (excluding diaryl/α,β-unsaturated/α-hetero) is 1. The molecule has 1 atom stereocenters. The zero-order valence-corrected chi connectivity index (χ0v) is 14.3. The molecule has 0 amide bonds. The molecule has 0 radical (unpaired) electrons. The second-order valence-electron chi connectivity index (χ2n) is 5.53. The Morgan fingerprint density at radius 1 is 1.30 bits per heavy atom. The van der Waals surface area contributed by atoms with Crippen LogP contribution in [0, 0.1) is 0 Å². The van der Waals surface area contributed by atoms with Crippen LogP contribution < -0.4 is 0 Å². The first kappa shape index (κ1) is 16.3. The molecule has 0 saturated heterocycles. The molecule has 3 rings (SSSR count). The minimum absolute atomic E-state index is 0.00502. The van der Waals surface area contributed by atoms with Gasteiger partial charge < -0.3 is 0 Å². The normalized spacial score (nSPS) is 18.1. The standard InChI is InChI=1S/C17H18ClN3OS/c1-2-11-21-16(12-7-9-13(18)10-8-12)19-20-17(21)23-15-6-4-3-5-14(15)22/h2,7-10,15H,1,3-6,11H2/t15-/m1/s1. The van der Waals surface area contributed by atoms with Crippen molar-refractivity contribution in [3.05, 3.63) is 41.9 Å². The first-order valence-corrected chi connectivity index (χ1v) is 8.94. The number of halogens is 1. The fourth-order valence-corrected chi connectivity index (χ4v) is 3.98. The topological polar surface area (TPSA) is 47.8 Å². The second kappa shape index (κ2) is 7.32. The van der Waals surface area contributed by atoms with E-state index in [2.05, 4.69) is 16.8 Å². The van der Waals surface area contributed by atoms with Crippen molar-refractivity contribution in [1.29, 1.82) is 0 Å². The van der Waals surface area contributed by atoms with Crippen LogP contribution in [-0.4, -0.2) is 25.8 Å². The van der Waals surface area contributed by atoms with E-state index in [4.69, 9.17) is 11.6 Å². The molecule has 1 aliphatic rings. The summed E-state index contributed by atoms with van der Waals surface area (Å²) in [7, 11) is 0. The van der Waals surface area contributed by atoms with Gasteiger partial charge in [0.25, 0.3) is 0 Å². The maximum atomic E-state index is 12.1. The van der Waals surface area contributed by atoms with Gasteiger partial charge in [-0.25, -0.2) is 0 Å². The molecule has 120 valence electrons. The van der Waals surface area contributed by atoms with E-state index in [1.165, 1.54) is 11.8 Å². The largest absolute Gasteiger partial charge is 0.298 e. The van der Waals surface area contributed by atoms with Crippen molar-refractivity contribution in [3.63, 3.8) is 0 Å². The lowest BCUT2D eigenvalue weighted by Gasteiger charge is -2.19. The van der Waals surface area contributed by atoms with E-state index in [9.17, 15) is 4.79 Å². The summed E-state index contributed by atoms with van der Waals surface area (Å²) < 4.78 is 2.00.